The van der Waals surface area contributed by atoms with Gasteiger partial charge >= 0.3 is 0 Å². The average Bonchev–Trinajstić information content (AvgIpc) is 2.54. The van der Waals surface area contributed by atoms with E-state index in [2.05, 4.69) is 12.2 Å². The number of rotatable bonds is 11. The largest absolute Gasteiger partial charge is 0.497 e. The summed E-state index contributed by atoms with van der Waals surface area (Å²) in [7, 11) is 1.62. The van der Waals surface area contributed by atoms with Crippen LogP contribution in [0, 0.1) is 0 Å². The lowest BCUT2D eigenvalue weighted by atomic mass is 10.2. The van der Waals surface area contributed by atoms with Crippen molar-refractivity contribution in [3.05, 3.63) is 29.8 Å². The Morgan fingerprint density at radius 3 is 2.64 bits per heavy atom. The molecule has 0 aromatic heterocycles. The predicted octanol–water partition coefficient (Wildman–Crippen LogP) is 2.27. The highest BCUT2D eigenvalue weighted by molar-refractivity contribution is 5.75. The summed E-state index contributed by atoms with van der Waals surface area (Å²) >= 11 is 0. The SMILES string of the molecule is CCCCCC(=O)NCC(O)COCc1ccc(OC)cc1. The fourth-order valence-electron chi connectivity index (χ4n) is 1.95. The Labute approximate surface area is 132 Å². The highest BCUT2D eigenvalue weighted by atomic mass is 16.5. The molecule has 0 saturated carbocycles. The smallest absolute Gasteiger partial charge is 0.220 e. The third-order valence-corrected chi connectivity index (χ3v) is 3.28. The van der Waals surface area contributed by atoms with E-state index in [9.17, 15) is 9.90 Å². The summed E-state index contributed by atoms with van der Waals surface area (Å²) in [5, 5.41) is 12.5. The molecular weight excluding hydrogens is 282 g/mol. The van der Waals surface area contributed by atoms with Crippen LogP contribution in [-0.4, -0.2) is 37.4 Å². The molecule has 0 aliphatic rings. The van der Waals surface area contributed by atoms with Crippen molar-refractivity contribution in [2.75, 3.05) is 20.3 Å². The van der Waals surface area contributed by atoms with E-state index >= 15 is 0 Å². The van der Waals surface area contributed by atoms with Crippen LogP contribution in [0.3, 0.4) is 0 Å². The molecule has 0 aliphatic heterocycles. The highest BCUT2D eigenvalue weighted by Gasteiger charge is 2.07. The molecule has 22 heavy (non-hydrogen) atoms. The van der Waals surface area contributed by atoms with Gasteiger partial charge in [-0.1, -0.05) is 31.9 Å². The molecule has 0 spiro atoms. The standard InChI is InChI=1S/C17H27NO4/c1-3-4-5-6-17(20)18-11-15(19)13-22-12-14-7-9-16(21-2)10-8-14/h7-10,15,19H,3-6,11-13H2,1-2H3,(H,18,20). The summed E-state index contributed by atoms with van der Waals surface area (Å²) in [6.07, 6.45) is 2.88. The van der Waals surface area contributed by atoms with Gasteiger partial charge in [-0.3, -0.25) is 4.79 Å². The maximum Gasteiger partial charge on any atom is 0.220 e. The number of carbonyl (C=O) groups excluding carboxylic acids is 1. The Bertz CT molecular complexity index is 419. The van der Waals surface area contributed by atoms with Gasteiger partial charge in [-0.25, -0.2) is 0 Å². The number of nitrogens with one attached hydrogen (secondary N) is 1. The van der Waals surface area contributed by atoms with Gasteiger partial charge in [0.25, 0.3) is 0 Å². The summed E-state index contributed by atoms with van der Waals surface area (Å²) in [6, 6.07) is 7.57. The molecule has 0 fully saturated rings. The predicted molar refractivity (Wildman–Crippen MR) is 85.8 cm³/mol. The summed E-state index contributed by atoms with van der Waals surface area (Å²) in [5.41, 5.74) is 1.01. The molecule has 124 valence electrons. The first-order valence-corrected chi connectivity index (χ1v) is 7.81. The third-order valence-electron chi connectivity index (χ3n) is 3.28. The van der Waals surface area contributed by atoms with Gasteiger partial charge in [0.15, 0.2) is 0 Å². The second-order valence-corrected chi connectivity index (χ2v) is 5.28. The first kappa shape index (κ1) is 18.5. The molecule has 5 nitrogen and oxygen atoms in total. The van der Waals surface area contributed by atoms with Gasteiger partial charge in [0.05, 0.1) is 26.4 Å². The number of unbranched alkanes of at least 4 members (excludes halogenated alkanes) is 2. The van der Waals surface area contributed by atoms with E-state index in [1.165, 1.54) is 0 Å². The molecule has 1 amide bonds. The molecule has 1 unspecified atom stereocenters. The Kier molecular flexibility index (Phi) is 9.26. The average molecular weight is 309 g/mol. The molecule has 0 heterocycles. The van der Waals surface area contributed by atoms with Crippen LogP contribution in [0.5, 0.6) is 5.75 Å². The normalized spacial score (nSPS) is 12.0. The molecule has 2 N–H and O–H groups in total. The number of ether oxygens (including phenoxy) is 2. The lowest BCUT2D eigenvalue weighted by molar-refractivity contribution is -0.121. The van der Waals surface area contributed by atoms with Crippen molar-refractivity contribution in [2.24, 2.45) is 0 Å². The van der Waals surface area contributed by atoms with E-state index in [4.69, 9.17) is 9.47 Å². The first-order chi connectivity index (χ1) is 10.7. The number of aliphatic hydroxyl groups is 1. The number of aliphatic hydroxyl groups excluding tert-OH is 1. The number of hydrogen-bond acceptors (Lipinski definition) is 4. The zero-order chi connectivity index (χ0) is 16.2. The fourth-order valence-corrected chi connectivity index (χ4v) is 1.95. The van der Waals surface area contributed by atoms with Gasteiger partial charge < -0.3 is 19.9 Å². The molecule has 0 aliphatic carbocycles. The van der Waals surface area contributed by atoms with Gasteiger partial charge in [-0.05, 0) is 24.1 Å². The van der Waals surface area contributed by atoms with Crippen LogP contribution in [-0.2, 0) is 16.1 Å². The van der Waals surface area contributed by atoms with Gasteiger partial charge in [-0.2, -0.15) is 0 Å². The zero-order valence-corrected chi connectivity index (χ0v) is 13.5. The third kappa shape index (κ3) is 8.00. The van der Waals surface area contributed by atoms with E-state index in [1.54, 1.807) is 7.11 Å². The van der Waals surface area contributed by atoms with Gasteiger partial charge in [0.1, 0.15) is 5.75 Å². The minimum atomic E-state index is -0.687. The molecule has 5 heteroatoms. The van der Waals surface area contributed by atoms with Crippen LogP contribution in [0.2, 0.25) is 0 Å². The summed E-state index contributed by atoms with van der Waals surface area (Å²) < 4.78 is 10.5. The van der Waals surface area contributed by atoms with E-state index in [0.717, 1.165) is 30.6 Å². The van der Waals surface area contributed by atoms with Gasteiger partial charge in [0.2, 0.25) is 5.91 Å². The fraction of sp³-hybridized carbons (Fsp3) is 0.588. The van der Waals surface area contributed by atoms with Crippen molar-refractivity contribution in [3.8, 4) is 5.75 Å². The molecule has 1 atom stereocenters. The molecule has 1 aromatic rings. The Hall–Kier alpha value is -1.59. The Balaban J connectivity index is 2.12. The van der Waals surface area contributed by atoms with E-state index in [0.29, 0.717) is 13.0 Å². The monoisotopic (exact) mass is 309 g/mol. The van der Waals surface area contributed by atoms with Crippen LogP contribution in [0.4, 0.5) is 0 Å². The molecule has 0 saturated heterocycles. The summed E-state index contributed by atoms with van der Waals surface area (Å²) in [5.74, 6) is 0.789. The minimum Gasteiger partial charge on any atom is -0.497 e. The van der Waals surface area contributed by atoms with Crippen molar-refractivity contribution in [2.45, 2.75) is 45.3 Å². The molecule has 0 bridgehead atoms. The van der Waals surface area contributed by atoms with Crippen molar-refractivity contribution < 1.29 is 19.4 Å². The van der Waals surface area contributed by atoms with E-state index in [1.807, 2.05) is 24.3 Å². The maximum absolute atomic E-state index is 11.5. The molecule has 0 radical (unpaired) electrons. The lowest BCUT2D eigenvalue weighted by Gasteiger charge is -2.12. The molecular formula is C17H27NO4. The lowest BCUT2D eigenvalue weighted by Crippen LogP contribution is -2.34. The van der Waals surface area contributed by atoms with E-state index in [-0.39, 0.29) is 19.1 Å². The van der Waals surface area contributed by atoms with E-state index < -0.39 is 6.10 Å². The van der Waals surface area contributed by atoms with Gasteiger partial charge in [0, 0.05) is 13.0 Å². The van der Waals surface area contributed by atoms with Crippen molar-refractivity contribution in [1.82, 2.24) is 5.32 Å². The van der Waals surface area contributed by atoms with Crippen LogP contribution < -0.4 is 10.1 Å². The number of methoxy groups -OCH3 is 1. The summed E-state index contributed by atoms with van der Waals surface area (Å²) in [4.78, 5) is 11.5. The topological polar surface area (TPSA) is 67.8 Å². The number of amides is 1. The van der Waals surface area contributed by atoms with Crippen molar-refractivity contribution in [3.63, 3.8) is 0 Å². The number of benzene rings is 1. The van der Waals surface area contributed by atoms with Gasteiger partial charge in [-0.15, -0.1) is 0 Å². The maximum atomic E-state index is 11.5. The van der Waals surface area contributed by atoms with Crippen LogP contribution in [0.15, 0.2) is 24.3 Å². The van der Waals surface area contributed by atoms with Crippen molar-refractivity contribution >= 4 is 5.91 Å². The highest BCUT2D eigenvalue weighted by Crippen LogP contribution is 2.11. The first-order valence-electron chi connectivity index (χ1n) is 7.81. The zero-order valence-electron chi connectivity index (χ0n) is 13.5. The quantitative estimate of drug-likeness (QED) is 0.615. The van der Waals surface area contributed by atoms with Crippen LogP contribution in [0.1, 0.15) is 38.2 Å². The number of hydrogen-bond donors (Lipinski definition) is 2. The molecule has 1 rings (SSSR count). The second-order valence-electron chi connectivity index (χ2n) is 5.28. The Morgan fingerprint density at radius 2 is 2.00 bits per heavy atom. The van der Waals surface area contributed by atoms with Crippen molar-refractivity contribution in [1.29, 1.82) is 0 Å². The Morgan fingerprint density at radius 1 is 1.27 bits per heavy atom. The van der Waals surface area contributed by atoms with Crippen LogP contribution in [0.25, 0.3) is 0 Å². The minimum absolute atomic E-state index is 0.0114. The van der Waals surface area contributed by atoms with Crippen LogP contribution >= 0.6 is 0 Å². The number of carbonyl (C=O) groups is 1. The summed E-state index contributed by atoms with van der Waals surface area (Å²) in [6.45, 7) is 2.95. The molecule has 1 aromatic carbocycles. The second kappa shape index (κ2) is 11.0.